The van der Waals surface area contributed by atoms with Gasteiger partial charge in [-0.15, -0.1) is 0 Å². The highest BCUT2D eigenvalue weighted by Crippen LogP contribution is 2.45. The van der Waals surface area contributed by atoms with E-state index in [2.05, 4.69) is 242 Å². The third kappa shape index (κ3) is 5.88. The average molecular weight is 767 g/mol. The van der Waals surface area contributed by atoms with Gasteiger partial charge in [-0.2, -0.15) is 0 Å². The maximum atomic E-state index is 2.42. The SMILES string of the molecule is Cc1cc(N(c2ccccc2)c2ccccc2)c(C)cc1-c1ccc2c(c1)c1ccccc1n2-c1ccc(-c2c3ccccc3c(-c3ccccc3)c3ccccc23)cc1. The predicted octanol–water partition coefficient (Wildman–Crippen LogP) is 16.2. The lowest BCUT2D eigenvalue weighted by atomic mass is 9.86. The molecule has 2 heteroatoms. The summed E-state index contributed by atoms with van der Waals surface area (Å²) in [5.41, 5.74) is 16.9. The Morgan fingerprint density at radius 1 is 0.333 bits per heavy atom. The van der Waals surface area contributed by atoms with Crippen molar-refractivity contribution in [3.8, 4) is 39.1 Å². The lowest BCUT2D eigenvalue weighted by Gasteiger charge is -2.28. The molecule has 1 aromatic heterocycles. The molecule has 0 N–H and O–H groups in total. The number of fused-ring (bicyclic) bond motifs is 5. The van der Waals surface area contributed by atoms with Crippen molar-refractivity contribution in [2.24, 2.45) is 0 Å². The van der Waals surface area contributed by atoms with Gasteiger partial charge in [0.1, 0.15) is 0 Å². The van der Waals surface area contributed by atoms with Crippen molar-refractivity contribution in [3.05, 3.63) is 230 Å². The molecule has 0 fully saturated rings. The van der Waals surface area contributed by atoms with Crippen LogP contribution in [0.2, 0.25) is 0 Å². The molecule has 1 heterocycles. The van der Waals surface area contributed by atoms with E-state index in [9.17, 15) is 0 Å². The van der Waals surface area contributed by atoms with Gasteiger partial charge in [-0.1, -0.05) is 152 Å². The first-order valence-electron chi connectivity index (χ1n) is 20.8. The van der Waals surface area contributed by atoms with Crippen LogP contribution in [0.3, 0.4) is 0 Å². The van der Waals surface area contributed by atoms with Gasteiger partial charge < -0.3 is 9.47 Å². The van der Waals surface area contributed by atoms with Crippen molar-refractivity contribution in [2.75, 3.05) is 4.90 Å². The monoisotopic (exact) mass is 766 g/mol. The minimum Gasteiger partial charge on any atom is -0.310 e. The van der Waals surface area contributed by atoms with Crippen LogP contribution in [0.1, 0.15) is 11.1 Å². The molecule has 0 aliphatic rings. The third-order valence-electron chi connectivity index (χ3n) is 12.2. The van der Waals surface area contributed by atoms with E-state index < -0.39 is 0 Å². The smallest absolute Gasteiger partial charge is 0.0541 e. The van der Waals surface area contributed by atoms with E-state index in [1.807, 2.05) is 0 Å². The van der Waals surface area contributed by atoms with Crippen LogP contribution in [0.15, 0.2) is 218 Å². The lowest BCUT2D eigenvalue weighted by molar-refractivity contribution is 1.18. The number of benzene rings is 10. The molecule has 284 valence electrons. The number of hydrogen-bond donors (Lipinski definition) is 0. The zero-order valence-electron chi connectivity index (χ0n) is 33.7. The molecule has 0 amide bonds. The van der Waals surface area contributed by atoms with Gasteiger partial charge >= 0.3 is 0 Å². The fourth-order valence-electron chi connectivity index (χ4n) is 9.49. The largest absolute Gasteiger partial charge is 0.310 e. The molecule has 0 atom stereocenters. The minimum atomic E-state index is 1.14. The van der Waals surface area contributed by atoms with Crippen LogP contribution in [0.5, 0.6) is 0 Å². The fourth-order valence-corrected chi connectivity index (χ4v) is 9.49. The van der Waals surface area contributed by atoms with E-state index in [1.54, 1.807) is 0 Å². The highest BCUT2D eigenvalue weighted by Gasteiger charge is 2.20. The minimum absolute atomic E-state index is 1.14. The Bertz CT molecular complexity index is 3270. The summed E-state index contributed by atoms with van der Waals surface area (Å²) in [7, 11) is 0. The Morgan fingerprint density at radius 3 is 1.35 bits per heavy atom. The molecule has 0 aliphatic carbocycles. The lowest BCUT2D eigenvalue weighted by Crippen LogP contribution is -2.11. The number of aryl methyl sites for hydroxylation is 2. The van der Waals surface area contributed by atoms with Crippen molar-refractivity contribution >= 4 is 60.4 Å². The van der Waals surface area contributed by atoms with Gasteiger partial charge in [0.25, 0.3) is 0 Å². The van der Waals surface area contributed by atoms with E-state index in [-0.39, 0.29) is 0 Å². The molecule has 11 rings (SSSR count). The van der Waals surface area contributed by atoms with Gasteiger partial charge in [-0.05, 0) is 147 Å². The molecular weight excluding hydrogens is 725 g/mol. The topological polar surface area (TPSA) is 8.17 Å². The second-order valence-corrected chi connectivity index (χ2v) is 15.8. The zero-order chi connectivity index (χ0) is 40.2. The summed E-state index contributed by atoms with van der Waals surface area (Å²) < 4.78 is 2.42. The Balaban J connectivity index is 1.02. The molecule has 0 saturated carbocycles. The van der Waals surface area contributed by atoms with E-state index in [1.165, 1.54) is 93.5 Å². The summed E-state index contributed by atoms with van der Waals surface area (Å²) in [5.74, 6) is 0. The van der Waals surface area contributed by atoms with Crippen LogP contribution in [-0.4, -0.2) is 4.57 Å². The van der Waals surface area contributed by atoms with Crippen LogP contribution in [0, 0.1) is 13.8 Å². The normalized spacial score (nSPS) is 11.5. The summed E-state index contributed by atoms with van der Waals surface area (Å²) in [6.07, 6.45) is 0. The highest BCUT2D eigenvalue weighted by molar-refractivity contribution is 6.21. The number of aromatic nitrogens is 1. The van der Waals surface area contributed by atoms with Crippen molar-refractivity contribution in [3.63, 3.8) is 0 Å². The number of anilines is 3. The highest BCUT2D eigenvalue weighted by atomic mass is 15.1. The summed E-state index contributed by atoms with van der Waals surface area (Å²) >= 11 is 0. The van der Waals surface area contributed by atoms with E-state index >= 15 is 0 Å². The summed E-state index contributed by atoms with van der Waals surface area (Å²) in [6, 6.07) is 79.6. The third-order valence-corrected chi connectivity index (χ3v) is 12.2. The Morgan fingerprint density at radius 2 is 0.783 bits per heavy atom. The van der Waals surface area contributed by atoms with Gasteiger partial charge in [-0.3, -0.25) is 0 Å². The first kappa shape index (κ1) is 35.5. The van der Waals surface area contributed by atoms with Crippen molar-refractivity contribution in [1.82, 2.24) is 4.57 Å². The van der Waals surface area contributed by atoms with E-state index in [0.717, 1.165) is 17.1 Å². The van der Waals surface area contributed by atoms with Gasteiger partial charge in [0.15, 0.2) is 0 Å². The van der Waals surface area contributed by atoms with E-state index in [4.69, 9.17) is 0 Å². The van der Waals surface area contributed by atoms with Crippen molar-refractivity contribution in [2.45, 2.75) is 13.8 Å². The molecule has 0 spiro atoms. The van der Waals surface area contributed by atoms with Crippen molar-refractivity contribution in [1.29, 1.82) is 0 Å². The summed E-state index contributed by atoms with van der Waals surface area (Å²) in [4.78, 5) is 2.36. The van der Waals surface area contributed by atoms with Crippen LogP contribution in [-0.2, 0) is 0 Å². The maximum Gasteiger partial charge on any atom is 0.0541 e. The molecule has 0 radical (unpaired) electrons. The van der Waals surface area contributed by atoms with Crippen LogP contribution in [0.25, 0.3) is 82.4 Å². The van der Waals surface area contributed by atoms with Gasteiger partial charge in [0, 0.05) is 33.5 Å². The van der Waals surface area contributed by atoms with E-state index in [0.29, 0.717) is 0 Å². The number of para-hydroxylation sites is 3. The number of nitrogens with zero attached hydrogens (tertiary/aromatic N) is 2. The Labute approximate surface area is 350 Å². The molecule has 0 saturated heterocycles. The van der Waals surface area contributed by atoms with Gasteiger partial charge in [0.2, 0.25) is 0 Å². The number of rotatable bonds is 7. The first-order valence-corrected chi connectivity index (χ1v) is 20.8. The van der Waals surface area contributed by atoms with Crippen LogP contribution >= 0.6 is 0 Å². The molecule has 0 unspecified atom stereocenters. The Kier molecular flexibility index (Phi) is 8.64. The molecular formula is C58H42N2. The summed E-state index contributed by atoms with van der Waals surface area (Å²) in [6.45, 7) is 4.47. The molecule has 0 bridgehead atoms. The standard InChI is InChI=1S/C58H42N2/c1-39-37-56(59(44-20-8-4-9-21-44)45-22-10-5-11-23-45)40(2)36-52(39)43-32-35-55-53(38-43)47-24-16-17-29-54(47)60(55)46-33-30-42(31-34-46)58-50-27-14-12-25-48(50)57(41-18-6-3-7-19-41)49-26-13-15-28-51(49)58/h3-38H,1-2H3. The molecule has 0 aliphatic heterocycles. The van der Waals surface area contributed by atoms with Crippen LogP contribution in [0.4, 0.5) is 17.1 Å². The summed E-state index contributed by atoms with van der Waals surface area (Å²) in [5, 5.41) is 7.56. The van der Waals surface area contributed by atoms with Crippen molar-refractivity contribution < 1.29 is 0 Å². The maximum absolute atomic E-state index is 2.42. The Hall–Kier alpha value is -7.68. The molecule has 60 heavy (non-hydrogen) atoms. The predicted molar refractivity (Wildman–Crippen MR) is 256 cm³/mol. The second-order valence-electron chi connectivity index (χ2n) is 15.8. The zero-order valence-corrected chi connectivity index (χ0v) is 33.7. The molecule has 11 aromatic rings. The fraction of sp³-hybridized carbons (Fsp3) is 0.0345. The van der Waals surface area contributed by atoms with Gasteiger partial charge in [-0.25, -0.2) is 0 Å². The van der Waals surface area contributed by atoms with Gasteiger partial charge in [0.05, 0.1) is 11.0 Å². The molecule has 10 aromatic carbocycles. The molecule has 2 nitrogen and oxygen atoms in total. The number of hydrogen-bond acceptors (Lipinski definition) is 1. The second kappa shape index (κ2) is 14.6. The quantitative estimate of drug-likeness (QED) is 0.147. The first-order chi connectivity index (χ1) is 29.6. The average Bonchev–Trinajstić information content (AvgIpc) is 3.64. The van der Waals surface area contributed by atoms with Crippen LogP contribution < -0.4 is 4.90 Å².